The van der Waals surface area contributed by atoms with Crippen molar-refractivity contribution in [2.45, 2.75) is 45.1 Å². The fourth-order valence-corrected chi connectivity index (χ4v) is 3.50. The molecule has 1 atom stereocenters. The molecule has 4 heteroatoms. The molecule has 1 aromatic rings. The van der Waals surface area contributed by atoms with Gasteiger partial charge in [-0.25, -0.2) is 0 Å². The molecule has 0 bridgehead atoms. The first-order chi connectivity index (χ1) is 10.3. The van der Waals surface area contributed by atoms with E-state index in [4.69, 9.17) is 0 Å². The van der Waals surface area contributed by atoms with Crippen LogP contribution in [0.4, 0.5) is 11.4 Å². The van der Waals surface area contributed by atoms with E-state index in [0.717, 1.165) is 30.0 Å². The SMILES string of the molecule is CC(NC(=O)c1cccc2c1NCCN2)C1CCCCC1. The maximum Gasteiger partial charge on any atom is 0.253 e. The highest BCUT2D eigenvalue weighted by molar-refractivity contribution is 6.02. The summed E-state index contributed by atoms with van der Waals surface area (Å²) in [4.78, 5) is 12.6. The molecule has 1 amide bonds. The molecule has 3 N–H and O–H groups in total. The summed E-state index contributed by atoms with van der Waals surface area (Å²) in [6.07, 6.45) is 6.44. The molecule has 114 valence electrons. The highest BCUT2D eigenvalue weighted by Crippen LogP contribution is 2.29. The van der Waals surface area contributed by atoms with E-state index < -0.39 is 0 Å². The van der Waals surface area contributed by atoms with Crippen molar-refractivity contribution in [3.05, 3.63) is 23.8 Å². The van der Waals surface area contributed by atoms with Crippen LogP contribution in [0, 0.1) is 5.92 Å². The summed E-state index contributed by atoms with van der Waals surface area (Å²) in [6, 6.07) is 6.12. The van der Waals surface area contributed by atoms with Crippen LogP contribution in [0.1, 0.15) is 49.4 Å². The van der Waals surface area contributed by atoms with Crippen LogP contribution in [0.5, 0.6) is 0 Å². The molecule has 3 rings (SSSR count). The maximum absolute atomic E-state index is 12.6. The van der Waals surface area contributed by atoms with E-state index in [1.165, 1.54) is 32.1 Å². The molecule has 1 saturated carbocycles. The van der Waals surface area contributed by atoms with E-state index in [1.807, 2.05) is 18.2 Å². The number of fused-ring (bicyclic) bond motifs is 1. The number of carbonyl (C=O) groups excluding carboxylic acids is 1. The molecule has 1 fully saturated rings. The van der Waals surface area contributed by atoms with Gasteiger partial charge in [0.05, 0.1) is 16.9 Å². The standard InChI is InChI=1S/C17H25N3O/c1-12(13-6-3-2-4-7-13)20-17(21)14-8-5-9-15-16(14)19-11-10-18-15/h5,8-9,12-13,18-19H,2-4,6-7,10-11H2,1H3,(H,20,21). The third kappa shape index (κ3) is 3.14. The molecule has 1 unspecified atom stereocenters. The Bertz CT molecular complexity index is 509. The van der Waals surface area contributed by atoms with Gasteiger partial charge in [0.15, 0.2) is 0 Å². The molecule has 0 aromatic heterocycles. The van der Waals surface area contributed by atoms with Gasteiger partial charge in [-0.2, -0.15) is 0 Å². The molecule has 1 aliphatic heterocycles. The van der Waals surface area contributed by atoms with Crippen LogP contribution in [-0.2, 0) is 0 Å². The minimum absolute atomic E-state index is 0.0427. The number of para-hydroxylation sites is 1. The lowest BCUT2D eigenvalue weighted by molar-refractivity contribution is 0.0920. The Morgan fingerprint density at radius 1 is 1.19 bits per heavy atom. The number of hydrogen-bond acceptors (Lipinski definition) is 3. The number of anilines is 2. The third-order valence-corrected chi connectivity index (χ3v) is 4.77. The number of nitrogens with one attached hydrogen (secondary N) is 3. The fraction of sp³-hybridized carbons (Fsp3) is 0.588. The smallest absolute Gasteiger partial charge is 0.253 e. The van der Waals surface area contributed by atoms with Crippen molar-refractivity contribution in [1.82, 2.24) is 5.32 Å². The minimum Gasteiger partial charge on any atom is -0.382 e. The van der Waals surface area contributed by atoms with E-state index in [1.54, 1.807) is 0 Å². The van der Waals surface area contributed by atoms with Crippen molar-refractivity contribution in [1.29, 1.82) is 0 Å². The van der Waals surface area contributed by atoms with Crippen molar-refractivity contribution in [2.75, 3.05) is 23.7 Å². The van der Waals surface area contributed by atoms with Gasteiger partial charge in [0.1, 0.15) is 0 Å². The second kappa shape index (κ2) is 6.37. The van der Waals surface area contributed by atoms with Gasteiger partial charge in [-0.15, -0.1) is 0 Å². The lowest BCUT2D eigenvalue weighted by Crippen LogP contribution is -2.39. The molecule has 1 aromatic carbocycles. The van der Waals surface area contributed by atoms with Crippen molar-refractivity contribution in [3.63, 3.8) is 0 Å². The molecule has 1 aliphatic carbocycles. The van der Waals surface area contributed by atoms with Crippen LogP contribution in [0.25, 0.3) is 0 Å². The highest BCUT2D eigenvalue weighted by Gasteiger charge is 2.23. The van der Waals surface area contributed by atoms with Gasteiger partial charge in [-0.05, 0) is 37.8 Å². The first-order valence-corrected chi connectivity index (χ1v) is 8.17. The average Bonchev–Trinajstić information content (AvgIpc) is 2.55. The zero-order valence-electron chi connectivity index (χ0n) is 12.7. The minimum atomic E-state index is 0.0427. The van der Waals surface area contributed by atoms with Gasteiger partial charge in [0, 0.05) is 19.1 Å². The van der Waals surface area contributed by atoms with E-state index >= 15 is 0 Å². The maximum atomic E-state index is 12.6. The Morgan fingerprint density at radius 2 is 1.95 bits per heavy atom. The molecule has 1 heterocycles. The van der Waals surface area contributed by atoms with Crippen LogP contribution in [0.3, 0.4) is 0 Å². The zero-order chi connectivity index (χ0) is 14.7. The summed E-state index contributed by atoms with van der Waals surface area (Å²) >= 11 is 0. The molecule has 21 heavy (non-hydrogen) atoms. The molecular formula is C17H25N3O. The molecular weight excluding hydrogens is 262 g/mol. The van der Waals surface area contributed by atoms with E-state index in [9.17, 15) is 4.79 Å². The Hall–Kier alpha value is -1.71. The van der Waals surface area contributed by atoms with E-state index in [0.29, 0.717) is 5.92 Å². The number of amides is 1. The lowest BCUT2D eigenvalue weighted by atomic mass is 9.84. The third-order valence-electron chi connectivity index (χ3n) is 4.77. The molecule has 4 nitrogen and oxygen atoms in total. The lowest BCUT2D eigenvalue weighted by Gasteiger charge is -2.29. The second-order valence-corrected chi connectivity index (χ2v) is 6.24. The molecule has 0 saturated heterocycles. The van der Waals surface area contributed by atoms with Crippen molar-refractivity contribution < 1.29 is 4.79 Å². The Balaban J connectivity index is 1.70. The van der Waals surface area contributed by atoms with E-state index in [-0.39, 0.29) is 11.9 Å². The summed E-state index contributed by atoms with van der Waals surface area (Å²) in [5, 5.41) is 9.88. The van der Waals surface area contributed by atoms with Crippen molar-refractivity contribution in [3.8, 4) is 0 Å². The largest absolute Gasteiger partial charge is 0.382 e. The Labute approximate surface area is 126 Å². The van der Waals surface area contributed by atoms with Crippen LogP contribution in [-0.4, -0.2) is 25.0 Å². The average molecular weight is 287 g/mol. The number of carbonyl (C=O) groups is 1. The summed E-state index contributed by atoms with van der Waals surface area (Å²) < 4.78 is 0. The van der Waals surface area contributed by atoms with Gasteiger partial charge in [-0.1, -0.05) is 25.3 Å². The van der Waals surface area contributed by atoms with Crippen molar-refractivity contribution >= 4 is 17.3 Å². The van der Waals surface area contributed by atoms with Crippen molar-refractivity contribution in [2.24, 2.45) is 5.92 Å². The summed E-state index contributed by atoms with van der Waals surface area (Å²) in [7, 11) is 0. The van der Waals surface area contributed by atoms with Gasteiger partial charge in [0.2, 0.25) is 0 Å². The predicted octanol–water partition coefficient (Wildman–Crippen LogP) is 3.22. The fourth-order valence-electron chi connectivity index (χ4n) is 3.50. The Kier molecular flexibility index (Phi) is 4.32. The predicted molar refractivity (Wildman–Crippen MR) is 86.9 cm³/mol. The number of rotatable bonds is 3. The highest BCUT2D eigenvalue weighted by atomic mass is 16.1. The molecule has 0 spiro atoms. The zero-order valence-corrected chi connectivity index (χ0v) is 12.7. The second-order valence-electron chi connectivity index (χ2n) is 6.24. The number of benzene rings is 1. The van der Waals surface area contributed by atoms with Gasteiger partial charge in [-0.3, -0.25) is 4.79 Å². The first-order valence-electron chi connectivity index (χ1n) is 8.17. The topological polar surface area (TPSA) is 53.2 Å². The summed E-state index contributed by atoms with van der Waals surface area (Å²) in [6.45, 7) is 3.90. The first kappa shape index (κ1) is 14.2. The summed E-state index contributed by atoms with van der Waals surface area (Å²) in [5.74, 6) is 0.675. The normalized spacial score (nSPS) is 19.9. The van der Waals surface area contributed by atoms with E-state index in [2.05, 4.69) is 22.9 Å². The number of hydrogen-bond donors (Lipinski definition) is 3. The monoisotopic (exact) mass is 287 g/mol. The molecule has 0 radical (unpaired) electrons. The van der Waals surface area contributed by atoms with Crippen LogP contribution in [0.2, 0.25) is 0 Å². The van der Waals surface area contributed by atoms with Gasteiger partial charge < -0.3 is 16.0 Å². The Morgan fingerprint density at radius 3 is 2.76 bits per heavy atom. The summed E-state index contributed by atoms with van der Waals surface area (Å²) in [5.41, 5.74) is 2.72. The van der Waals surface area contributed by atoms with Crippen LogP contribution < -0.4 is 16.0 Å². The van der Waals surface area contributed by atoms with Crippen LogP contribution in [0.15, 0.2) is 18.2 Å². The van der Waals surface area contributed by atoms with Gasteiger partial charge >= 0.3 is 0 Å². The molecule has 2 aliphatic rings. The van der Waals surface area contributed by atoms with Gasteiger partial charge in [0.25, 0.3) is 5.91 Å². The van der Waals surface area contributed by atoms with Crippen LogP contribution >= 0.6 is 0 Å². The quantitative estimate of drug-likeness (QED) is 0.800.